The summed E-state index contributed by atoms with van der Waals surface area (Å²) >= 11 is 1.52. The van der Waals surface area contributed by atoms with Crippen LogP contribution < -0.4 is 9.47 Å². The summed E-state index contributed by atoms with van der Waals surface area (Å²) in [6.07, 6.45) is 0. The van der Waals surface area contributed by atoms with E-state index >= 15 is 0 Å². The van der Waals surface area contributed by atoms with Crippen LogP contribution in [0.5, 0.6) is 11.5 Å². The summed E-state index contributed by atoms with van der Waals surface area (Å²) in [5, 5.41) is 1.93. The highest BCUT2D eigenvalue weighted by atomic mass is 32.1. The SMILES string of the molecule is COC(=O)C(COc1ccc(OC)cc1)c1cccs1. The molecule has 1 heterocycles. The zero-order chi connectivity index (χ0) is 14.4. The molecule has 106 valence electrons. The van der Waals surface area contributed by atoms with E-state index in [0.717, 1.165) is 10.6 Å². The quantitative estimate of drug-likeness (QED) is 0.767. The second-order valence-corrected chi connectivity index (χ2v) is 5.06. The number of esters is 1. The number of methoxy groups -OCH3 is 2. The van der Waals surface area contributed by atoms with Crippen LogP contribution in [-0.2, 0) is 9.53 Å². The van der Waals surface area contributed by atoms with Crippen molar-refractivity contribution < 1.29 is 19.0 Å². The summed E-state index contributed by atoms with van der Waals surface area (Å²) in [6, 6.07) is 11.1. The zero-order valence-electron chi connectivity index (χ0n) is 11.4. The fraction of sp³-hybridized carbons (Fsp3) is 0.267. The van der Waals surface area contributed by atoms with Gasteiger partial charge in [-0.1, -0.05) is 6.07 Å². The number of carbonyl (C=O) groups excluding carboxylic acids is 1. The first-order valence-electron chi connectivity index (χ1n) is 6.12. The number of carbonyl (C=O) groups is 1. The first kappa shape index (κ1) is 14.4. The first-order chi connectivity index (χ1) is 9.74. The molecule has 4 nitrogen and oxygen atoms in total. The van der Waals surface area contributed by atoms with Crippen LogP contribution in [0.15, 0.2) is 41.8 Å². The van der Waals surface area contributed by atoms with Gasteiger partial charge in [0.05, 0.1) is 14.2 Å². The molecule has 0 spiro atoms. The van der Waals surface area contributed by atoms with Crippen LogP contribution in [0.25, 0.3) is 0 Å². The highest BCUT2D eigenvalue weighted by Crippen LogP contribution is 2.24. The minimum absolute atomic E-state index is 0.250. The normalized spacial score (nSPS) is 11.7. The van der Waals surface area contributed by atoms with E-state index in [1.165, 1.54) is 18.4 Å². The summed E-state index contributed by atoms with van der Waals surface area (Å²) in [4.78, 5) is 12.8. The van der Waals surface area contributed by atoms with E-state index in [0.29, 0.717) is 5.75 Å². The first-order valence-corrected chi connectivity index (χ1v) is 7.00. The van der Waals surface area contributed by atoms with E-state index in [1.807, 2.05) is 41.8 Å². The van der Waals surface area contributed by atoms with Gasteiger partial charge in [-0.3, -0.25) is 4.79 Å². The minimum Gasteiger partial charge on any atom is -0.497 e. The topological polar surface area (TPSA) is 44.8 Å². The van der Waals surface area contributed by atoms with Crippen molar-refractivity contribution in [2.24, 2.45) is 0 Å². The van der Waals surface area contributed by atoms with E-state index < -0.39 is 5.92 Å². The van der Waals surface area contributed by atoms with Crippen molar-refractivity contribution in [1.82, 2.24) is 0 Å². The van der Waals surface area contributed by atoms with Gasteiger partial charge >= 0.3 is 5.97 Å². The molecule has 0 N–H and O–H groups in total. The Morgan fingerprint density at radius 2 is 1.85 bits per heavy atom. The summed E-state index contributed by atoms with van der Waals surface area (Å²) in [5.74, 6) is 0.763. The van der Waals surface area contributed by atoms with Gasteiger partial charge in [-0.25, -0.2) is 0 Å². The molecule has 0 saturated carbocycles. The Morgan fingerprint density at radius 1 is 1.15 bits per heavy atom. The molecule has 0 aliphatic carbocycles. The summed E-state index contributed by atoms with van der Waals surface area (Å²) < 4.78 is 15.6. The van der Waals surface area contributed by atoms with Crippen LogP contribution in [0.4, 0.5) is 0 Å². The van der Waals surface area contributed by atoms with Gasteiger partial charge in [0.2, 0.25) is 0 Å². The number of hydrogen-bond donors (Lipinski definition) is 0. The largest absolute Gasteiger partial charge is 0.497 e. The predicted molar refractivity (Wildman–Crippen MR) is 77.6 cm³/mol. The van der Waals surface area contributed by atoms with Crippen molar-refractivity contribution in [2.45, 2.75) is 5.92 Å². The second kappa shape index (κ2) is 6.96. The summed E-state index contributed by atoms with van der Waals surface area (Å²) in [6.45, 7) is 0.250. The molecule has 0 bridgehead atoms. The number of hydrogen-bond acceptors (Lipinski definition) is 5. The lowest BCUT2D eigenvalue weighted by Gasteiger charge is -2.14. The van der Waals surface area contributed by atoms with Gasteiger partial charge < -0.3 is 14.2 Å². The molecule has 2 rings (SSSR count). The Hall–Kier alpha value is -2.01. The van der Waals surface area contributed by atoms with Gasteiger partial charge in [0.15, 0.2) is 0 Å². The molecular weight excluding hydrogens is 276 g/mol. The van der Waals surface area contributed by atoms with Crippen molar-refractivity contribution in [3.8, 4) is 11.5 Å². The fourth-order valence-corrected chi connectivity index (χ4v) is 2.55. The van der Waals surface area contributed by atoms with Crippen molar-refractivity contribution in [2.75, 3.05) is 20.8 Å². The van der Waals surface area contributed by atoms with Gasteiger partial charge in [-0.15, -0.1) is 11.3 Å². The molecular formula is C15H16O4S. The number of rotatable bonds is 6. The van der Waals surface area contributed by atoms with Crippen LogP contribution in [0.1, 0.15) is 10.8 Å². The van der Waals surface area contributed by atoms with Gasteiger partial charge in [0, 0.05) is 4.88 Å². The van der Waals surface area contributed by atoms with Crippen molar-refractivity contribution in [3.63, 3.8) is 0 Å². The Balaban J connectivity index is 2.03. The third-order valence-electron chi connectivity index (χ3n) is 2.85. The van der Waals surface area contributed by atoms with E-state index in [1.54, 1.807) is 7.11 Å². The highest BCUT2D eigenvalue weighted by molar-refractivity contribution is 7.10. The third-order valence-corrected chi connectivity index (χ3v) is 3.83. The Labute approximate surface area is 121 Å². The molecule has 5 heteroatoms. The van der Waals surface area contributed by atoms with Crippen molar-refractivity contribution in [1.29, 1.82) is 0 Å². The average Bonchev–Trinajstić information content (AvgIpc) is 3.02. The van der Waals surface area contributed by atoms with Crippen LogP contribution >= 0.6 is 11.3 Å². The molecule has 0 radical (unpaired) electrons. The molecule has 1 unspecified atom stereocenters. The van der Waals surface area contributed by atoms with E-state index in [9.17, 15) is 4.79 Å². The molecule has 1 aromatic heterocycles. The van der Waals surface area contributed by atoms with Crippen LogP contribution in [0.3, 0.4) is 0 Å². The lowest BCUT2D eigenvalue weighted by Crippen LogP contribution is -2.20. The molecule has 0 aliphatic heterocycles. The molecule has 0 saturated heterocycles. The van der Waals surface area contributed by atoms with Crippen LogP contribution in [-0.4, -0.2) is 26.8 Å². The van der Waals surface area contributed by atoms with Gasteiger partial charge in [-0.05, 0) is 35.7 Å². The lowest BCUT2D eigenvalue weighted by atomic mass is 10.1. The molecule has 0 aliphatic rings. The monoisotopic (exact) mass is 292 g/mol. The zero-order valence-corrected chi connectivity index (χ0v) is 12.2. The van der Waals surface area contributed by atoms with E-state index in [2.05, 4.69) is 0 Å². The molecule has 1 aromatic carbocycles. The standard InChI is InChI=1S/C15H16O4S/c1-17-11-5-7-12(8-6-11)19-10-13(15(16)18-2)14-4-3-9-20-14/h3-9,13H,10H2,1-2H3. The number of thiophene rings is 1. The lowest BCUT2D eigenvalue weighted by molar-refractivity contribution is -0.143. The molecule has 0 fully saturated rings. The average molecular weight is 292 g/mol. The maximum Gasteiger partial charge on any atom is 0.317 e. The molecule has 20 heavy (non-hydrogen) atoms. The third kappa shape index (κ3) is 3.51. The summed E-state index contributed by atoms with van der Waals surface area (Å²) in [5.41, 5.74) is 0. The number of benzene rings is 1. The Bertz CT molecular complexity index is 534. The second-order valence-electron chi connectivity index (χ2n) is 4.08. The van der Waals surface area contributed by atoms with E-state index in [4.69, 9.17) is 14.2 Å². The molecule has 0 amide bonds. The van der Waals surface area contributed by atoms with Crippen LogP contribution in [0, 0.1) is 0 Å². The summed E-state index contributed by atoms with van der Waals surface area (Å²) in [7, 11) is 3.00. The van der Waals surface area contributed by atoms with Gasteiger partial charge in [-0.2, -0.15) is 0 Å². The smallest absolute Gasteiger partial charge is 0.317 e. The molecule has 1 atom stereocenters. The van der Waals surface area contributed by atoms with Crippen LogP contribution in [0.2, 0.25) is 0 Å². The maximum atomic E-state index is 11.8. The van der Waals surface area contributed by atoms with Gasteiger partial charge in [0.1, 0.15) is 24.0 Å². The Kier molecular flexibility index (Phi) is 5.01. The van der Waals surface area contributed by atoms with Gasteiger partial charge in [0.25, 0.3) is 0 Å². The highest BCUT2D eigenvalue weighted by Gasteiger charge is 2.23. The fourth-order valence-electron chi connectivity index (χ4n) is 1.75. The minimum atomic E-state index is -0.401. The van der Waals surface area contributed by atoms with Crippen molar-refractivity contribution in [3.05, 3.63) is 46.7 Å². The van der Waals surface area contributed by atoms with Crippen molar-refractivity contribution >= 4 is 17.3 Å². The molecule has 2 aromatic rings. The number of ether oxygens (including phenoxy) is 3. The predicted octanol–water partition coefficient (Wildman–Crippen LogP) is 3.09. The van der Waals surface area contributed by atoms with E-state index in [-0.39, 0.29) is 12.6 Å². The maximum absolute atomic E-state index is 11.8. The Morgan fingerprint density at radius 3 is 2.40 bits per heavy atom.